The zero-order valence-electron chi connectivity index (χ0n) is 13.9. The molecule has 0 saturated heterocycles. The number of primary amides is 1. The monoisotopic (exact) mass is 321 g/mol. The van der Waals surface area contributed by atoms with Crippen molar-refractivity contribution in [1.82, 2.24) is 9.97 Å². The molecular weight excluding hydrogens is 294 g/mol. The summed E-state index contributed by atoms with van der Waals surface area (Å²) in [4.78, 5) is 20.1. The molecule has 1 aliphatic carbocycles. The van der Waals surface area contributed by atoms with Gasteiger partial charge in [0.1, 0.15) is 5.82 Å². The van der Waals surface area contributed by atoms with Crippen molar-refractivity contribution in [3.05, 3.63) is 11.8 Å². The molecule has 1 aromatic heterocycles. The van der Waals surface area contributed by atoms with Gasteiger partial charge in [0.25, 0.3) is 5.91 Å². The molecule has 0 spiro atoms. The Balaban J connectivity index is 2.04. The van der Waals surface area contributed by atoms with Crippen molar-refractivity contribution in [1.29, 1.82) is 0 Å². The molecule has 1 heterocycles. The second-order valence-corrected chi connectivity index (χ2v) is 6.58. The average molecular weight is 321 g/mol. The lowest BCUT2D eigenvalue weighted by Crippen LogP contribution is -2.29. The normalized spacial score (nSPS) is 21.2. The van der Waals surface area contributed by atoms with Crippen LogP contribution in [0.4, 0.5) is 11.8 Å². The first-order valence-corrected chi connectivity index (χ1v) is 8.31. The Bertz CT molecular complexity index is 527. The van der Waals surface area contributed by atoms with Gasteiger partial charge in [0.2, 0.25) is 5.95 Å². The van der Waals surface area contributed by atoms with E-state index in [1.54, 1.807) is 0 Å². The summed E-state index contributed by atoms with van der Waals surface area (Å²) in [6.45, 7) is 5.01. The highest BCUT2D eigenvalue weighted by Crippen LogP contribution is 2.22. The molecule has 1 aromatic rings. The molecule has 1 saturated carbocycles. The van der Waals surface area contributed by atoms with E-state index in [-0.39, 0.29) is 12.1 Å². The van der Waals surface area contributed by atoms with Crippen LogP contribution in [0.25, 0.3) is 0 Å². The molecule has 1 fully saturated rings. The molecule has 7 nitrogen and oxygen atoms in total. The molecule has 1 amide bonds. The minimum Gasteiger partial charge on any atom is -0.393 e. The first-order chi connectivity index (χ1) is 11.0. The zero-order chi connectivity index (χ0) is 16.8. The summed E-state index contributed by atoms with van der Waals surface area (Å²) in [5.74, 6) is 0.993. The fourth-order valence-electron chi connectivity index (χ4n) is 2.65. The topological polar surface area (TPSA) is 113 Å². The number of nitrogens with one attached hydrogen (secondary N) is 2. The standard InChI is InChI=1S/C16H27N5O2/c1-10(2)7-8-18-15-13(14(17)23)9-19-16(21-15)20-11-3-5-12(22)6-4-11/h9-12,22H,3-8H2,1-2H3,(H2,17,23)(H2,18,19,20,21)/t11-,12-. The molecule has 2 rings (SSSR count). The maximum Gasteiger partial charge on any atom is 0.254 e. The minimum atomic E-state index is -0.538. The largest absolute Gasteiger partial charge is 0.393 e. The zero-order valence-corrected chi connectivity index (χ0v) is 13.9. The van der Waals surface area contributed by atoms with E-state index in [0.717, 1.165) is 38.6 Å². The predicted molar refractivity (Wildman–Crippen MR) is 90.4 cm³/mol. The second-order valence-electron chi connectivity index (χ2n) is 6.58. The Morgan fingerprint density at radius 3 is 2.70 bits per heavy atom. The Morgan fingerprint density at radius 2 is 2.09 bits per heavy atom. The van der Waals surface area contributed by atoms with Crippen molar-refractivity contribution >= 4 is 17.7 Å². The number of aliphatic hydroxyl groups excluding tert-OH is 1. The maximum atomic E-state index is 11.5. The lowest BCUT2D eigenvalue weighted by molar-refractivity contribution is 0.100. The number of aliphatic hydroxyl groups is 1. The van der Waals surface area contributed by atoms with E-state index in [4.69, 9.17) is 5.73 Å². The van der Waals surface area contributed by atoms with Crippen LogP contribution >= 0.6 is 0 Å². The number of nitrogens with zero attached hydrogens (tertiary/aromatic N) is 2. The van der Waals surface area contributed by atoms with Gasteiger partial charge in [-0.15, -0.1) is 0 Å². The van der Waals surface area contributed by atoms with Crippen molar-refractivity contribution in [2.24, 2.45) is 11.7 Å². The molecule has 23 heavy (non-hydrogen) atoms. The number of carbonyl (C=O) groups excluding carboxylic acids is 1. The van der Waals surface area contributed by atoms with E-state index in [2.05, 4.69) is 34.4 Å². The van der Waals surface area contributed by atoms with Gasteiger partial charge in [0.05, 0.1) is 11.7 Å². The fourth-order valence-corrected chi connectivity index (χ4v) is 2.65. The SMILES string of the molecule is CC(C)CCNc1nc(N[C@H]2CC[C@H](O)CC2)ncc1C(N)=O. The lowest BCUT2D eigenvalue weighted by atomic mass is 9.93. The summed E-state index contributed by atoms with van der Waals surface area (Å²) in [5, 5.41) is 16.0. The summed E-state index contributed by atoms with van der Waals surface area (Å²) in [5.41, 5.74) is 5.69. The lowest BCUT2D eigenvalue weighted by Gasteiger charge is -2.26. The van der Waals surface area contributed by atoms with Crippen LogP contribution in [0.1, 0.15) is 56.3 Å². The predicted octanol–water partition coefficient (Wildman–Crippen LogP) is 1.75. The minimum absolute atomic E-state index is 0.195. The number of amides is 1. The number of nitrogens with two attached hydrogens (primary N) is 1. The van der Waals surface area contributed by atoms with Crippen molar-refractivity contribution in [3.63, 3.8) is 0 Å². The smallest absolute Gasteiger partial charge is 0.254 e. The summed E-state index contributed by atoms with van der Waals surface area (Å²) in [6.07, 6.45) is 5.60. The molecule has 5 N–H and O–H groups in total. The third-order valence-electron chi connectivity index (χ3n) is 4.10. The molecule has 128 valence electrons. The van der Waals surface area contributed by atoms with E-state index in [9.17, 15) is 9.90 Å². The van der Waals surface area contributed by atoms with Crippen LogP contribution in [-0.2, 0) is 0 Å². The van der Waals surface area contributed by atoms with Crippen LogP contribution in [0, 0.1) is 5.92 Å². The first-order valence-electron chi connectivity index (χ1n) is 8.31. The van der Waals surface area contributed by atoms with Gasteiger partial charge in [0.15, 0.2) is 0 Å². The molecule has 0 aromatic carbocycles. The van der Waals surface area contributed by atoms with Gasteiger partial charge in [-0.25, -0.2) is 4.98 Å². The summed E-state index contributed by atoms with van der Waals surface area (Å²) in [7, 11) is 0. The van der Waals surface area contributed by atoms with Gasteiger partial charge in [-0.05, 0) is 38.0 Å². The maximum absolute atomic E-state index is 11.5. The third-order valence-corrected chi connectivity index (χ3v) is 4.10. The van der Waals surface area contributed by atoms with Crippen molar-refractivity contribution in [2.75, 3.05) is 17.2 Å². The van der Waals surface area contributed by atoms with Crippen LogP contribution < -0.4 is 16.4 Å². The third kappa shape index (κ3) is 5.35. The second kappa shape index (κ2) is 8.10. The molecule has 1 aliphatic rings. The molecule has 0 bridgehead atoms. The van der Waals surface area contributed by atoms with Gasteiger partial charge in [-0.1, -0.05) is 13.8 Å². The van der Waals surface area contributed by atoms with Crippen LogP contribution in [0.5, 0.6) is 0 Å². The highest BCUT2D eigenvalue weighted by molar-refractivity contribution is 5.97. The van der Waals surface area contributed by atoms with Crippen LogP contribution in [0.3, 0.4) is 0 Å². The molecule has 0 radical (unpaired) electrons. The van der Waals surface area contributed by atoms with E-state index >= 15 is 0 Å². The van der Waals surface area contributed by atoms with Crippen LogP contribution in [-0.4, -0.2) is 39.7 Å². The number of hydrogen-bond donors (Lipinski definition) is 4. The van der Waals surface area contributed by atoms with Gasteiger partial charge >= 0.3 is 0 Å². The number of carbonyl (C=O) groups is 1. The van der Waals surface area contributed by atoms with E-state index in [0.29, 0.717) is 23.2 Å². The number of rotatable bonds is 7. The summed E-state index contributed by atoms with van der Waals surface area (Å²) < 4.78 is 0. The Kier molecular flexibility index (Phi) is 6.15. The summed E-state index contributed by atoms with van der Waals surface area (Å²) in [6, 6.07) is 0.251. The van der Waals surface area contributed by atoms with Gasteiger partial charge < -0.3 is 21.5 Å². The highest BCUT2D eigenvalue weighted by atomic mass is 16.3. The average Bonchev–Trinajstić information content (AvgIpc) is 2.49. The molecule has 0 unspecified atom stereocenters. The molecule has 0 atom stereocenters. The molecule has 0 aliphatic heterocycles. The Morgan fingerprint density at radius 1 is 1.39 bits per heavy atom. The van der Waals surface area contributed by atoms with E-state index in [1.807, 2.05) is 0 Å². The van der Waals surface area contributed by atoms with Crippen molar-refractivity contribution in [3.8, 4) is 0 Å². The quantitative estimate of drug-likeness (QED) is 0.608. The van der Waals surface area contributed by atoms with Crippen molar-refractivity contribution < 1.29 is 9.90 Å². The molecule has 7 heteroatoms. The Labute approximate surface area is 137 Å². The molecular formula is C16H27N5O2. The van der Waals surface area contributed by atoms with Gasteiger partial charge in [0, 0.05) is 18.8 Å². The van der Waals surface area contributed by atoms with E-state index < -0.39 is 5.91 Å². The van der Waals surface area contributed by atoms with Crippen LogP contribution in [0.2, 0.25) is 0 Å². The van der Waals surface area contributed by atoms with Crippen LogP contribution in [0.15, 0.2) is 6.20 Å². The number of hydrogen-bond acceptors (Lipinski definition) is 6. The van der Waals surface area contributed by atoms with Gasteiger partial charge in [-0.3, -0.25) is 4.79 Å². The number of aromatic nitrogens is 2. The summed E-state index contributed by atoms with van der Waals surface area (Å²) >= 11 is 0. The van der Waals surface area contributed by atoms with Crippen molar-refractivity contribution in [2.45, 2.75) is 58.1 Å². The fraction of sp³-hybridized carbons (Fsp3) is 0.688. The first kappa shape index (κ1) is 17.5. The van der Waals surface area contributed by atoms with E-state index in [1.165, 1.54) is 6.20 Å². The number of anilines is 2. The van der Waals surface area contributed by atoms with Gasteiger partial charge in [-0.2, -0.15) is 4.98 Å². The highest BCUT2D eigenvalue weighted by Gasteiger charge is 2.20. The Hall–Kier alpha value is -1.89.